The van der Waals surface area contributed by atoms with E-state index in [4.69, 9.17) is 16.3 Å². The van der Waals surface area contributed by atoms with E-state index in [1.165, 1.54) is 11.1 Å². The van der Waals surface area contributed by atoms with Crippen molar-refractivity contribution >= 4 is 17.6 Å². The number of rotatable bonds is 4. The maximum atomic E-state index is 11.7. The van der Waals surface area contributed by atoms with Crippen LogP contribution in [0.25, 0.3) is 0 Å². The summed E-state index contributed by atoms with van der Waals surface area (Å²) < 4.78 is 5.78. The van der Waals surface area contributed by atoms with Gasteiger partial charge < -0.3 is 15.0 Å². The van der Waals surface area contributed by atoms with Crippen LogP contribution in [0.5, 0.6) is 0 Å². The van der Waals surface area contributed by atoms with Gasteiger partial charge in [-0.2, -0.15) is 0 Å². The van der Waals surface area contributed by atoms with Crippen molar-refractivity contribution in [1.82, 2.24) is 10.2 Å². The Bertz CT molecular complexity index is 439. The molecule has 1 aromatic rings. The van der Waals surface area contributed by atoms with Crippen molar-refractivity contribution in [2.24, 2.45) is 0 Å². The van der Waals surface area contributed by atoms with Gasteiger partial charge in [-0.15, -0.1) is 11.6 Å². The van der Waals surface area contributed by atoms with Gasteiger partial charge in [0.1, 0.15) is 0 Å². The van der Waals surface area contributed by atoms with Gasteiger partial charge in [0, 0.05) is 32.4 Å². The van der Waals surface area contributed by atoms with Crippen molar-refractivity contribution < 1.29 is 9.53 Å². The predicted molar refractivity (Wildman–Crippen MR) is 75.5 cm³/mol. The molecule has 1 atom stereocenters. The van der Waals surface area contributed by atoms with Crippen LogP contribution in [-0.4, -0.2) is 43.1 Å². The lowest BCUT2D eigenvalue weighted by atomic mass is 9.99. The molecule has 1 aliphatic heterocycles. The first kappa shape index (κ1) is 14.2. The van der Waals surface area contributed by atoms with Crippen LogP contribution >= 0.6 is 11.6 Å². The first-order valence-electron chi connectivity index (χ1n) is 6.44. The molecule has 1 unspecified atom stereocenters. The maximum absolute atomic E-state index is 11.7. The lowest BCUT2D eigenvalue weighted by Gasteiger charge is -2.29. The Morgan fingerprint density at radius 2 is 2.21 bits per heavy atom. The highest BCUT2D eigenvalue weighted by atomic mass is 35.5. The van der Waals surface area contributed by atoms with Crippen LogP contribution < -0.4 is 5.32 Å². The van der Waals surface area contributed by atoms with Gasteiger partial charge in [-0.1, -0.05) is 24.3 Å². The fourth-order valence-corrected chi connectivity index (χ4v) is 2.30. The molecule has 4 nitrogen and oxygen atoms in total. The molecular formula is C14H19ClN2O2. The molecule has 0 spiro atoms. The molecule has 0 saturated carbocycles. The largest absolute Gasteiger partial charge is 0.371 e. The number of halogens is 1. The zero-order valence-corrected chi connectivity index (χ0v) is 11.8. The van der Waals surface area contributed by atoms with Crippen LogP contribution in [-0.2, 0) is 17.8 Å². The summed E-state index contributed by atoms with van der Waals surface area (Å²) in [5, 5.41) is 2.74. The van der Waals surface area contributed by atoms with Crippen molar-refractivity contribution in [3.05, 3.63) is 35.4 Å². The van der Waals surface area contributed by atoms with Crippen LogP contribution in [0, 0.1) is 0 Å². The number of benzene rings is 1. The van der Waals surface area contributed by atoms with E-state index in [9.17, 15) is 4.79 Å². The number of amides is 2. The Labute approximate surface area is 118 Å². The van der Waals surface area contributed by atoms with Crippen LogP contribution in [0.1, 0.15) is 11.1 Å². The molecule has 1 aliphatic rings. The third kappa shape index (κ3) is 3.85. The summed E-state index contributed by atoms with van der Waals surface area (Å²) in [7, 11) is 1.77. The average Bonchev–Trinajstić information content (AvgIpc) is 2.44. The molecule has 1 N–H and O–H groups in total. The summed E-state index contributed by atoms with van der Waals surface area (Å²) in [6, 6.07) is 8.16. The second-order valence-electron chi connectivity index (χ2n) is 4.71. The van der Waals surface area contributed by atoms with E-state index in [2.05, 4.69) is 17.4 Å². The smallest absolute Gasteiger partial charge is 0.317 e. The number of hydrogen-bond donors (Lipinski definition) is 1. The van der Waals surface area contributed by atoms with Gasteiger partial charge in [0.05, 0.1) is 12.7 Å². The van der Waals surface area contributed by atoms with Gasteiger partial charge in [-0.3, -0.25) is 0 Å². The second-order valence-corrected chi connectivity index (χ2v) is 5.09. The van der Waals surface area contributed by atoms with E-state index >= 15 is 0 Å². The van der Waals surface area contributed by atoms with Crippen molar-refractivity contribution in [3.8, 4) is 0 Å². The van der Waals surface area contributed by atoms with Gasteiger partial charge in [0.25, 0.3) is 0 Å². The monoisotopic (exact) mass is 282 g/mol. The highest BCUT2D eigenvalue weighted by Crippen LogP contribution is 2.20. The van der Waals surface area contributed by atoms with Gasteiger partial charge in [-0.05, 0) is 11.1 Å². The molecule has 0 fully saturated rings. The minimum atomic E-state index is -0.108. The maximum Gasteiger partial charge on any atom is 0.317 e. The van der Waals surface area contributed by atoms with Crippen molar-refractivity contribution in [2.75, 3.05) is 26.0 Å². The van der Waals surface area contributed by atoms with Crippen LogP contribution in [0.2, 0.25) is 0 Å². The Morgan fingerprint density at radius 3 is 2.95 bits per heavy atom. The standard InChI is InChI=1S/C14H19ClN2O2/c1-17(14(18)16-7-6-15)9-13-8-11-4-2-3-5-12(11)10-19-13/h2-5,13H,6-10H2,1H3,(H,16,18). The number of fused-ring (bicyclic) bond motifs is 1. The highest BCUT2D eigenvalue weighted by molar-refractivity contribution is 6.18. The highest BCUT2D eigenvalue weighted by Gasteiger charge is 2.21. The van der Waals surface area contributed by atoms with E-state index in [1.54, 1.807) is 11.9 Å². The first-order chi connectivity index (χ1) is 9.20. The number of urea groups is 1. The van der Waals surface area contributed by atoms with Gasteiger partial charge in [0.15, 0.2) is 0 Å². The average molecular weight is 283 g/mol. The predicted octanol–water partition coefficient (Wildman–Crippen LogP) is 2.01. The first-order valence-corrected chi connectivity index (χ1v) is 6.97. The van der Waals surface area contributed by atoms with Crippen LogP contribution in [0.4, 0.5) is 4.79 Å². The van der Waals surface area contributed by atoms with Crippen molar-refractivity contribution in [1.29, 1.82) is 0 Å². The topological polar surface area (TPSA) is 41.6 Å². The van der Waals surface area contributed by atoms with Crippen molar-refractivity contribution in [2.45, 2.75) is 19.1 Å². The summed E-state index contributed by atoms with van der Waals surface area (Å²) in [4.78, 5) is 13.4. The van der Waals surface area contributed by atoms with Gasteiger partial charge >= 0.3 is 6.03 Å². The quantitative estimate of drug-likeness (QED) is 0.859. The van der Waals surface area contributed by atoms with Gasteiger partial charge in [-0.25, -0.2) is 4.79 Å². The molecule has 1 aromatic carbocycles. The third-order valence-corrected chi connectivity index (χ3v) is 3.42. The Morgan fingerprint density at radius 1 is 1.47 bits per heavy atom. The molecule has 104 valence electrons. The zero-order valence-electron chi connectivity index (χ0n) is 11.1. The van der Waals surface area contributed by atoms with Crippen LogP contribution in [0.3, 0.4) is 0 Å². The molecule has 5 heteroatoms. The van der Waals surface area contributed by atoms with Crippen molar-refractivity contribution in [3.63, 3.8) is 0 Å². The molecule has 2 amide bonds. The van der Waals surface area contributed by atoms with E-state index < -0.39 is 0 Å². The molecule has 0 saturated heterocycles. The lowest BCUT2D eigenvalue weighted by molar-refractivity contribution is 0.0151. The number of carbonyl (C=O) groups is 1. The SMILES string of the molecule is CN(CC1Cc2ccccc2CO1)C(=O)NCCCl. The minimum absolute atomic E-state index is 0.0571. The molecule has 0 bridgehead atoms. The normalized spacial score (nSPS) is 17.7. The molecule has 2 rings (SSSR count). The Balaban J connectivity index is 1.86. The number of carbonyl (C=O) groups excluding carboxylic acids is 1. The number of nitrogens with zero attached hydrogens (tertiary/aromatic N) is 1. The van der Waals surface area contributed by atoms with E-state index in [0.717, 1.165) is 6.42 Å². The minimum Gasteiger partial charge on any atom is -0.371 e. The lowest BCUT2D eigenvalue weighted by Crippen LogP contribution is -2.43. The summed E-state index contributed by atoms with van der Waals surface area (Å²) in [5.41, 5.74) is 2.56. The summed E-state index contributed by atoms with van der Waals surface area (Å²) in [6.45, 7) is 1.69. The molecule has 0 aromatic heterocycles. The van der Waals surface area contributed by atoms with Crippen LogP contribution in [0.15, 0.2) is 24.3 Å². The Kier molecular flexibility index (Phi) is 5.05. The molecule has 0 aliphatic carbocycles. The fourth-order valence-electron chi connectivity index (χ4n) is 2.20. The molecular weight excluding hydrogens is 264 g/mol. The molecule has 0 radical (unpaired) electrons. The van der Waals surface area contributed by atoms with E-state index in [1.807, 2.05) is 12.1 Å². The number of nitrogens with one attached hydrogen (secondary N) is 1. The number of hydrogen-bond acceptors (Lipinski definition) is 2. The third-order valence-electron chi connectivity index (χ3n) is 3.24. The summed E-state index contributed by atoms with van der Waals surface area (Å²) in [5.74, 6) is 0.423. The van der Waals surface area contributed by atoms with E-state index in [-0.39, 0.29) is 12.1 Å². The summed E-state index contributed by atoms with van der Waals surface area (Å²) >= 11 is 5.54. The molecule has 19 heavy (non-hydrogen) atoms. The summed E-state index contributed by atoms with van der Waals surface area (Å²) in [6.07, 6.45) is 0.908. The number of ether oxygens (including phenoxy) is 1. The van der Waals surface area contributed by atoms with E-state index in [0.29, 0.717) is 25.6 Å². The zero-order chi connectivity index (χ0) is 13.7. The Hall–Kier alpha value is -1.26. The fraction of sp³-hybridized carbons (Fsp3) is 0.500. The second kappa shape index (κ2) is 6.78. The molecule has 1 heterocycles. The van der Waals surface area contributed by atoms with Gasteiger partial charge in [0.2, 0.25) is 0 Å². The number of likely N-dealkylation sites (N-methyl/N-ethyl adjacent to an activating group) is 1. The number of alkyl halides is 1.